The Balaban J connectivity index is 1.91. The van der Waals surface area contributed by atoms with E-state index in [0.29, 0.717) is 28.1 Å². The van der Waals surface area contributed by atoms with Crippen LogP contribution in [0.2, 0.25) is 0 Å². The average Bonchev–Trinajstić information content (AvgIpc) is 3.11. The summed E-state index contributed by atoms with van der Waals surface area (Å²) in [7, 11) is 0. The molecule has 1 amide bonds. The summed E-state index contributed by atoms with van der Waals surface area (Å²) in [4.78, 5) is 18.9. The Bertz CT molecular complexity index is 736. The number of carbonyl (C=O) groups is 1. The summed E-state index contributed by atoms with van der Waals surface area (Å²) < 4.78 is 18.2. The maximum Gasteiger partial charge on any atom is 0.266 e. The maximum absolute atomic E-state index is 12.9. The van der Waals surface area contributed by atoms with E-state index in [1.165, 1.54) is 23.9 Å². The smallest absolute Gasteiger partial charge is 0.266 e. The van der Waals surface area contributed by atoms with Crippen LogP contribution in [0.4, 0.5) is 10.1 Å². The van der Waals surface area contributed by atoms with E-state index < -0.39 is 0 Å². The largest absolute Gasteiger partial charge is 0.465 e. The number of thioether (sulfide) groups is 1. The van der Waals surface area contributed by atoms with Gasteiger partial charge in [0.05, 0.1) is 16.9 Å². The Morgan fingerprint density at radius 1 is 1.32 bits per heavy atom. The first kappa shape index (κ1) is 14.6. The van der Waals surface area contributed by atoms with Crippen molar-refractivity contribution in [1.29, 1.82) is 0 Å². The fourth-order valence-electron chi connectivity index (χ4n) is 2.00. The highest BCUT2D eigenvalue weighted by Crippen LogP contribution is 2.33. The number of carbonyl (C=O) groups excluding carboxylic acids is 1. The van der Waals surface area contributed by atoms with E-state index in [2.05, 4.69) is 4.99 Å². The van der Waals surface area contributed by atoms with Crippen LogP contribution < -0.4 is 0 Å². The molecule has 0 spiro atoms. The van der Waals surface area contributed by atoms with Gasteiger partial charge in [-0.1, -0.05) is 0 Å². The zero-order chi connectivity index (χ0) is 15.5. The summed E-state index contributed by atoms with van der Waals surface area (Å²) in [6.07, 6.45) is 3.25. The normalized spacial score (nSPS) is 18.6. The second kappa shape index (κ2) is 6.19. The van der Waals surface area contributed by atoms with E-state index in [4.69, 9.17) is 4.42 Å². The van der Waals surface area contributed by atoms with Gasteiger partial charge in [-0.15, -0.1) is 0 Å². The van der Waals surface area contributed by atoms with E-state index in [1.807, 2.05) is 6.92 Å². The molecular formula is C16H13FN2O2S. The van der Waals surface area contributed by atoms with Crippen LogP contribution in [0.3, 0.4) is 0 Å². The summed E-state index contributed by atoms with van der Waals surface area (Å²) in [6.45, 7) is 2.40. The number of hydrogen-bond acceptors (Lipinski definition) is 4. The molecule has 2 aromatic rings. The van der Waals surface area contributed by atoms with E-state index in [0.717, 1.165) is 0 Å². The Morgan fingerprint density at radius 3 is 2.73 bits per heavy atom. The number of furan rings is 1. The van der Waals surface area contributed by atoms with Gasteiger partial charge in [-0.3, -0.25) is 9.69 Å². The second-order valence-corrected chi connectivity index (χ2v) is 5.56. The van der Waals surface area contributed by atoms with Crippen LogP contribution in [-0.2, 0) is 4.79 Å². The molecule has 0 aliphatic carbocycles. The number of likely N-dealkylation sites (N-methyl/N-ethyl adjacent to an activating group) is 1. The molecule has 1 aliphatic heterocycles. The lowest BCUT2D eigenvalue weighted by Gasteiger charge is -2.11. The Kier molecular flexibility index (Phi) is 4.11. The molecule has 0 unspecified atom stereocenters. The molecule has 0 atom stereocenters. The molecule has 1 aliphatic rings. The van der Waals surface area contributed by atoms with Crippen LogP contribution in [0.15, 0.2) is 57.0 Å². The lowest BCUT2D eigenvalue weighted by atomic mass is 10.3. The molecule has 2 heterocycles. The minimum atomic E-state index is -0.315. The van der Waals surface area contributed by atoms with Crippen molar-refractivity contribution >= 4 is 34.6 Å². The van der Waals surface area contributed by atoms with E-state index in [9.17, 15) is 9.18 Å². The molecule has 0 radical (unpaired) electrons. The fourth-order valence-corrected chi connectivity index (χ4v) is 3.04. The predicted molar refractivity (Wildman–Crippen MR) is 85.2 cm³/mol. The molecule has 0 N–H and O–H groups in total. The predicted octanol–water partition coefficient (Wildman–Crippen LogP) is 4.04. The summed E-state index contributed by atoms with van der Waals surface area (Å²) in [5.41, 5.74) is 0.606. The number of nitrogens with zero attached hydrogens (tertiary/aromatic N) is 2. The van der Waals surface area contributed by atoms with Crippen molar-refractivity contribution in [3.63, 3.8) is 0 Å². The van der Waals surface area contributed by atoms with Crippen molar-refractivity contribution in [1.82, 2.24) is 4.90 Å². The number of benzene rings is 1. The fraction of sp³-hybridized carbons (Fsp3) is 0.125. The van der Waals surface area contributed by atoms with Gasteiger partial charge in [0.1, 0.15) is 11.6 Å². The van der Waals surface area contributed by atoms with Crippen molar-refractivity contribution in [2.24, 2.45) is 4.99 Å². The number of amides is 1. The van der Waals surface area contributed by atoms with Gasteiger partial charge in [0.15, 0.2) is 5.17 Å². The van der Waals surface area contributed by atoms with E-state index in [-0.39, 0.29) is 11.7 Å². The average molecular weight is 316 g/mol. The third kappa shape index (κ3) is 2.96. The quantitative estimate of drug-likeness (QED) is 0.803. The van der Waals surface area contributed by atoms with Crippen molar-refractivity contribution < 1.29 is 13.6 Å². The monoisotopic (exact) mass is 316 g/mol. The van der Waals surface area contributed by atoms with Gasteiger partial charge in [0, 0.05) is 12.6 Å². The first-order valence-corrected chi connectivity index (χ1v) is 7.58. The van der Waals surface area contributed by atoms with Gasteiger partial charge in [-0.25, -0.2) is 9.38 Å². The Morgan fingerprint density at radius 2 is 2.09 bits per heavy atom. The van der Waals surface area contributed by atoms with Gasteiger partial charge in [-0.2, -0.15) is 0 Å². The summed E-state index contributed by atoms with van der Waals surface area (Å²) in [5, 5.41) is 0.580. The summed E-state index contributed by atoms with van der Waals surface area (Å²) in [5.74, 6) is 0.199. The second-order valence-electron chi connectivity index (χ2n) is 4.55. The standard InChI is InChI=1S/C16H13FN2O2S/c1-2-19-15(20)14(10-13-4-3-9-21-13)22-16(19)18-12-7-5-11(17)6-8-12/h3-10H,2H2,1H3/b14-10+,18-16?. The highest BCUT2D eigenvalue weighted by atomic mass is 32.2. The number of rotatable bonds is 3. The third-order valence-corrected chi connectivity index (χ3v) is 4.08. The van der Waals surface area contributed by atoms with Crippen LogP contribution in [0.1, 0.15) is 12.7 Å². The minimum absolute atomic E-state index is 0.107. The molecule has 4 nitrogen and oxygen atoms in total. The van der Waals surface area contributed by atoms with Gasteiger partial charge < -0.3 is 4.42 Å². The first-order chi connectivity index (χ1) is 10.7. The number of aliphatic imine (C=N–C) groups is 1. The van der Waals surface area contributed by atoms with Crippen molar-refractivity contribution in [2.45, 2.75) is 6.92 Å². The third-order valence-electron chi connectivity index (χ3n) is 3.07. The number of halogens is 1. The highest BCUT2D eigenvalue weighted by Gasteiger charge is 2.32. The first-order valence-electron chi connectivity index (χ1n) is 6.76. The summed E-state index contributed by atoms with van der Waals surface area (Å²) in [6, 6.07) is 9.39. The zero-order valence-electron chi connectivity index (χ0n) is 11.8. The number of hydrogen-bond donors (Lipinski definition) is 0. The molecule has 1 aromatic heterocycles. The molecule has 1 fully saturated rings. The zero-order valence-corrected chi connectivity index (χ0v) is 12.6. The molecule has 0 bridgehead atoms. The molecular weight excluding hydrogens is 303 g/mol. The lowest BCUT2D eigenvalue weighted by molar-refractivity contribution is -0.122. The van der Waals surface area contributed by atoms with Gasteiger partial charge in [-0.05, 0) is 55.1 Å². The molecule has 1 saturated heterocycles. The molecule has 112 valence electrons. The van der Waals surface area contributed by atoms with Crippen molar-refractivity contribution in [2.75, 3.05) is 6.54 Å². The molecule has 22 heavy (non-hydrogen) atoms. The molecule has 3 rings (SSSR count). The number of amidine groups is 1. The molecule has 6 heteroatoms. The van der Waals surface area contributed by atoms with Crippen molar-refractivity contribution in [3.8, 4) is 0 Å². The molecule has 0 saturated carbocycles. The lowest BCUT2D eigenvalue weighted by Crippen LogP contribution is -2.28. The Hall–Kier alpha value is -2.34. The van der Waals surface area contributed by atoms with Crippen molar-refractivity contribution in [3.05, 3.63) is 59.1 Å². The SMILES string of the molecule is CCN1C(=O)/C(=C\c2ccco2)SC1=Nc1ccc(F)cc1. The Labute approximate surface area is 131 Å². The topological polar surface area (TPSA) is 45.8 Å². The van der Waals surface area contributed by atoms with Crippen LogP contribution in [0, 0.1) is 5.82 Å². The van der Waals surface area contributed by atoms with Gasteiger partial charge in [0.2, 0.25) is 0 Å². The molecule has 1 aromatic carbocycles. The van der Waals surface area contributed by atoms with E-state index >= 15 is 0 Å². The van der Waals surface area contributed by atoms with E-state index in [1.54, 1.807) is 41.5 Å². The maximum atomic E-state index is 12.9. The highest BCUT2D eigenvalue weighted by molar-refractivity contribution is 8.18. The minimum Gasteiger partial charge on any atom is -0.465 e. The van der Waals surface area contributed by atoms with Gasteiger partial charge in [0.25, 0.3) is 5.91 Å². The van der Waals surface area contributed by atoms with Crippen LogP contribution in [0.5, 0.6) is 0 Å². The van der Waals surface area contributed by atoms with Gasteiger partial charge >= 0.3 is 0 Å². The van der Waals surface area contributed by atoms with Crippen LogP contribution in [-0.4, -0.2) is 22.5 Å². The van der Waals surface area contributed by atoms with Crippen LogP contribution in [0.25, 0.3) is 6.08 Å². The van der Waals surface area contributed by atoms with Crippen LogP contribution >= 0.6 is 11.8 Å². The summed E-state index contributed by atoms with van der Waals surface area (Å²) >= 11 is 1.28.